The zero-order valence-corrected chi connectivity index (χ0v) is 9.63. The Balaban J connectivity index is 2.78. The van der Waals surface area contributed by atoms with Crippen LogP contribution >= 0.6 is 0 Å². The molecule has 2 nitrogen and oxygen atoms in total. The van der Waals surface area contributed by atoms with Crippen molar-refractivity contribution in [1.82, 2.24) is 0 Å². The molecule has 1 N–H and O–H groups in total. The molecule has 0 bridgehead atoms. The van der Waals surface area contributed by atoms with Gasteiger partial charge in [0.15, 0.2) is 0 Å². The summed E-state index contributed by atoms with van der Waals surface area (Å²) in [5.74, 6) is 0. The largest absolute Gasteiger partial charge is 0.394 e. The van der Waals surface area contributed by atoms with Crippen molar-refractivity contribution in [3.05, 3.63) is 0 Å². The molecule has 0 aromatic rings. The number of ether oxygens (including phenoxy) is 1. The quantitative estimate of drug-likeness (QED) is 0.522. The van der Waals surface area contributed by atoms with Crippen LogP contribution in [0.3, 0.4) is 0 Å². The Hall–Kier alpha value is -0.0800. The van der Waals surface area contributed by atoms with Crippen LogP contribution in [-0.2, 0) is 4.74 Å². The molecule has 0 aliphatic carbocycles. The molecule has 0 radical (unpaired) electrons. The van der Waals surface area contributed by atoms with Gasteiger partial charge in [0.25, 0.3) is 0 Å². The van der Waals surface area contributed by atoms with Crippen LogP contribution in [0.5, 0.6) is 0 Å². The summed E-state index contributed by atoms with van der Waals surface area (Å²) in [6, 6.07) is 0. The normalized spacial score (nSPS) is 10.7. The number of aliphatic hydroxyl groups is 1. The summed E-state index contributed by atoms with van der Waals surface area (Å²) >= 11 is 0. The lowest BCUT2D eigenvalue weighted by atomic mass is 10.1. The Morgan fingerprint density at radius 2 is 1.36 bits per heavy atom. The van der Waals surface area contributed by atoms with Gasteiger partial charge in [0.05, 0.1) is 13.2 Å². The van der Waals surface area contributed by atoms with E-state index < -0.39 is 0 Å². The first-order valence-electron chi connectivity index (χ1n) is 6.10. The molecule has 2 heteroatoms. The average Bonchev–Trinajstić information content (AvgIpc) is 2.21. The summed E-state index contributed by atoms with van der Waals surface area (Å²) in [4.78, 5) is 0. The second-order valence-electron chi connectivity index (χ2n) is 3.81. The molecule has 0 heterocycles. The molecular weight excluding hydrogens is 176 g/mol. The topological polar surface area (TPSA) is 29.5 Å². The Kier molecular flexibility index (Phi) is 12.8. The molecule has 0 aromatic heterocycles. The summed E-state index contributed by atoms with van der Waals surface area (Å²) in [6.07, 6.45) is 10.6. The highest BCUT2D eigenvalue weighted by Crippen LogP contribution is 2.08. The van der Waals surface area contributed by atoms with E-state index in [1.165, 1.54) is 44.9 Å². The van der Waals surface area contributed by atoms with Crippen molar-refractivity contribution in [2.45, 2.75) is 58.3 Å². The van der Waals surface area contributed by atoms with Crippen molar-refractivity contribution in [1.29, 1.82) is 0 Å². The van der Waals surface area contributed by atoms with Gasteiger partial charge in [-0.2, -0.15) is 0 Å². The van der Waals surface area contributed by atoms with Crippen LogP contribution in [0.4, 0.5) is 0 Å². The first-order valence-corrected chi connectivity index (χ1v) is 6.10. The first-order chi connectivity index (χ1) is 6.91. The van der Waals surface area contributed by atoms with E-state index in [9.17, 15) is 0 Å². The van der Waals surface area contributed by atoms with E-state index in [1.54, 1.807) is 0 Å². The lowest BCUT2D eigenvalue weighted by Crippen LogP contribution is -2.00. The molecule has 0 unspecified atom stereocenters. The Bertz CT molecular complexity index is 82.3. The predicted octanol–water partition coefficient (Wildman–Crippen LogP) is 3.14. The van der Waals surface area contributed by atoms with Crippen LogP contribution in [0.1, 0.15) is 58.3 Å². The van der Waals surface area contributed by atoms with E-state index >= 15 is 0 Å². The van der Waals surface area contributed by atoms with Gasteiger partial charge in [-0.15, -0.1) is 0 Å². The zero-order chi connectivity index (χ0) is 10.5. The highest BCUT2D eigenvalue weighted by Gasteiger charge is 1.91. The zero-order valence-electron chi connectivity index (χ0n) is 9.63. The van der Waals surface area contributed by atoms with E-state index in [-0.39, 0.29) is 6.61 Å². The fraction of sp³-hybridized carbons (Fsp3) is 1.00. The van der Waals surface area contributed by atoms with Crippen molar-refractivity contribution in [3.8, 4) is 0 Å². The second kappa shape index (κ2) is 12.9. The highest BCUT2D eigenvalue weighted by atomic mass is 16.5. The molecule has 0 amide bonds. The van der Waals surface area contributed by atoms with E-state index in [1.807, 2.05) is 0 Å². The lowest BCUT2D eigenvalue weighted by molar-refractivity contribution is 0.0895. The molecule has 0 rings (SSSR count). The standard InChI is InChI=1S/C12H26O2/c1-2-3-4-5-6-7-8-9-11-14-12-10-13/h13H,2-12H2,1H3. The first kappa shape index (κ1) is 13.9. The Morgan fingerprint density at radius 1 is 0.786 bits per heavy atom. The van der Waals surface area contributed by atoms with Gasteiger partial charge in [0, 0.05) is 6.61 Å². The van der Waals surface area contributed by atoms with Gasteiger partial charge in [-0.05, 0) is 6.42 Å². The molecule has 0 saturated heterocycles. The lowest BCUT2D eigenvalue weighted by Gasteiger charge is -2.02. The average molecular weight is 202 g/mol. The molecule has 0 aliphatic heterocycles. The number of hydrogen-bond donors (Lipinski definition) is 1. The van der Waals surface area contributed by atoms with Crippen molar-refractivity contribution in [2.75, 3.05) is 19.8 Å². The Morgan fingerprint density at radius 3 is 1.93 bits per heavy atom. The number of unbranched alkanes of at least 4 members (excludes halogenated alkanes) is 7. The van der Waals surface area contributed by atoms with Crippen LogP contribution in [0.15, 0.2) is 0 Å². The van der Waals surface area contributed by atoms with Gasteiger partial charge in [0.2, 0.25) is 0 Å². The predicted molar refractivity (Wildman–Crippen MR) is 60.5 cm³/mol. The van der Waals surface area contributed by atoms with Gasteiger partial charge in [-0.25, -0.2) is 0 Å². The van der Waals surface area contributed by atoms with Crippen LogP contribution in [0.25, 0.3) is 0 Å². The SMILES string of the molecule is CCCCCCCCCCOCCO. The molecule has 0 fully saturated rings. The third-order valence-electron chi connectivity index (χ3n) is 2.38. The fourth-order valence-corrected chi connectivity index (χ4v) is 1.50. The van der Waals surface area contributed by atoms with Crippen molar-refractivity contribution in [2.24, 2.45) is 0 Å². The maximum absolute atomic E-state index is 8.46. The maximum atomic E-state index is 8.46. The van der Waals surface area contributed by atoms with Crippen LogP contribution in [-0.4, -0.2) is 24.9 Å². The van der Waals surface area contributed by atoms with Crippen molar-refractivity contribution >= 4 is 0 Å². The second-order valence-corrected chi connectivity index (χ2v) is 3.81. The number of hydrogen-bond acceptors (Lipinski definition) is 2. The number of rotatable bonds is 11. The molecule has 0 atom stereocenters. The summed E-state index contributed by atoms with van der Waals surface area (Å²) in [5.41, 5.74) is 0. The minimum atomic E-state index is 0.150. The summed E-state index contributed by atoms with van der Waals surface area (Å²) in [5, 5.41) is 8.46. The molecule has 0 aliphatic rings. The smallest absolute Gasteiger partial charge is 0.0697 e. The molecule has 0 aromatic carbocycles. The summed E-state index contributed by atoms with van der Waals surface area (Å²) < 4.78 is 5.18. The van der Waals surface area contributed by atoms with Crippen LogP contribution in [0, 0.1) is 0 Å². The summed E-state index contributed by atoms with van der Waals surface area (Å²) in [7, 11) is 0. The van der Waals surface area contributed by atoms with Gasteiger partial charge in [-0.3, -0.25) is 0 Å². The minimum Gasteiger partial charge on any atom is -0.394 e. The van der Waals surface area contributed by atoms with Crippen LogP contribution < -0.4 is 0 Å². The van der Waals surface area contributed by atoms with Gasteiger partial charge >= 0.3 is 0 Å². The van der Waals surface area contributed by atoms with Crippen molar-refractivity contribution in [3.63, 3.8) is 0 Å². The van der Waals surface area contributed by atoms with E-state index in [0.717, 1.165) is 13.0 Å². The van der Waals surface area contributed by atoms with Crippen molar-refractivity contribution < 1.29 is 9.84 Å². The molecule has 0 spiro atoms. The van der Waals surface area contributed by atoms with Gasteiger partial charge in [0.1, 0.15) is 0 Å². The van der Waals surface area contributed by atoms with E-state index in [0.29, 0.717) is 6.61 Å². The molecule has 0 saturated carbocycles. The Labute approximate surface area is 88.7 Å². The third kappa shape index (κ3) is 11.9. The summed E-state index contributed by atoms with van der Waals surface area (Å²) in [6.45, 7) is 3.71. The fourth-order valence-electron chi connectivity index (χ4n) is 1.50. The molecule has 14 heavy (non-hydrogen) atoms. The monoisotopic (exact) mass is 202 g/mol. The highest BCUT2D eigenvalue weighted by molar-refractivity contribution is 4.45. The minimum absolute atomic E-state index is 0.150. The van der Waals surface area contributed by atoms with Gasteiger partial charge in [-0.1, -0.05) is 51.9 Å². The van der Waals surface area contributed by atoms with Crippen LogP contribution in [0.2, 0.25) is 0 Å². The third-order valence-corrected chi connectivity index (χ3v) is 2.38. The van der Waals surface area contributed by atoms with E-state index in [4.69, 9.17) is 9.84 Å². The maximum Gasteiger partial charge on any atom is 0.0697 e. The van der Waals surface area contributed by atoms with E-state index in [2.05, 4.69) is 6.92 Å². The number of aliphatic hydroxyl groups excluding tert-OH is 1. The van der Waals surface area contributed by atoms with Gasteiger partial charge < -0.3 is 9.84 Å². The molecular formula is C12H26O2. The molecule has 86 valence electrons.